The second kappa shape index (κ2) is 8.51. The highest BCUT2D eigenvalue weighted by Gasteiger charge is 2.24. The van der Waals surface area contributed by atoms with Crippen LogP contribution in [0.5, 0.6) is 11.5 Å². The highest BCUT2D eigenvalue weighted by atomic mass is 16.5. The van der Waals surface area contributed by atoms with Gasteiger partial charge in [-0.3, -0.25) is 0 Å². The summed E-state index contributed by atoms with van der Waals surface area (Å²) in [7, 11) is 3.20. The second-order valence-electron chi connectivity index (χ2n) is 5.78. The zero-order valence-corrected chi connectivity index (χ0v) is 14.3. The Morgan fingerprint density at radius 2 is 1.82 bits per heavy atom. The highest BCUT2D eigenvalue weighted by Crippen LogP contribution is 2.31. The van der Waals surface area contributed by atoms with E-state index in [0.717, 1.165) is 24.8 Å². The molecule has 0 bridgehead atoms. The first-order chi connectivity index (χ1) is 10.4. The van der Waals surface area contributed by atoms with E-state index >= 15 is 0 Å². The minimum Gasteiger partial charge on any atom is -0.493 e. The van der Waals surface area contributed by atoms with E-state index in [2.05, 4.69) is 17.6 Å². The molecular formula is C17H28N2O3. The predicted molar refractivity (Wildman–Crippen MR) is 88.6 cm³/mol. The average molecular weight is 308 g/mol. The molecule has 22 heavy (non-hydrogen) atoms. The number of hydrogen-bond donors (Lipinski definition) is 2. The lowest BCUT2D eigenvalue weighted by molar-refractivity contribution is 0.229. The zero-order valence-electron chi connectivity index (χ0n) is 14.3. The Hall–Kier alpha value is -1.91. The van der Waals surface area contributed by atoms with Gasteiger partial charge in [0.05, 0.1) is 19.8 Å². The van der Waals surface area contributed by atoms with Gasteiger partial charge in [-0.15, -0.1) is 0 Å². The molecule has 124 valence electrons. The van der Waals surface area contributed by atoms with Gasteiger partial charge in [0.2, 0.25) is 0 Å². The number of hydrogen-bond acceptors (Lipinski definition) is 3. The molecule has 0 aliphatic carbocycles. The normalized spacial score (nSPS) is 11.0. The van der Waals surface area contributed by atoms with Gasteiger partial charge in [0.25, 0.3) is 0 Å². The molecule has 5 heteroatoms. The van der Waals surface area contributed by atoms with Crippen molar-refractivity contribution in [2.24, 2.45) is 0 Å². The molecule has 0 radical (unpaired) electrons. The van der Waals surface area contributed by atoms with E-state index in [9.17, 15) is 4.79 Å². The maximum atomic E-state index is 12.0. The molecule has 0 unspecified atom stereocenters. The van der Waals surface area contributed by atoms with Crippen molar-refractivity contribution in [3.63, 3.8) is 0 Å². The Bertz CT molecular complexity index is 487. The smallest absolute Gasteiger partial charge is 0.315 e. The molecule has 0 saturated carbocycles. The molecular weight excluding hydrogens is 280 g/mol. The molecule has 0 aromatic heterocycles. The third-order valence-corrected chi connectivity index (χ3v) is 3.60. The number of methoxy groups -OCH3 is 2. The molecule has 2 amide bonds. The molecule has 2 N–H and O–H groups in total. The van der Waals surface area contributed by atoms with E-state index in [1.807, 2.05) is 32.0 Å². The Morgan fingerprint density at radius 3 is 2.41 bits per heavy atom. The maximum Gasteiger partial charge on any atom is 0.315 e. The monoisotopic (exact) mass is 308 g/mol. The van der Waals surface area contributed by atoms with Gasteiger partial charge in [-0.25, -0.2) is 4.79 Å². The van der Waals surface area contributed by atoms with Crippen molar-refractivity contribution in [3.8, 4) is 11.5 Å². The third kappa shape index (κ3) is 5.13. The maximum absolute atomic E-state index is 12.0. The largest absolute Gasteiger partial charge is 0.493 e. The number of unbranched alkanes of at least 4 members (excludes halogenated alkanes) is 2. The van der Waals surface area contributed by atoms with E-state index in [1.165, 1.54) is 0 Å². The number of nitrogens with one attached hydrogen (secondary N) is 2. The van der Waals surface area contributed by atoms with Crippen molar-refractivity contribution >= 4 is 6.03 Å². The standard InChI is InChI=1S/C17H28N2O3/c1-6-7-8-11-18-16(20)19-17(2,3)13-9-10-14(21-4)15(12-13)22-5/h9-10,12H,6-8,11H2,1-5H3,(H2,18,19,20). The first kappa shape index (κ1) is 18.1. The summed E-state index contributed by atoms with van der Waals surface area (Å²) in [6.07, 6.45) is 3.26. The van der Waals surface area contributed by atoms with Crippen LogP contribution < -0.4 is 20.1 Å². The van der Waals surface area contributed by atoms with E-state index in [4.69, 9.17) is 9.47 Å². The summed E-state index contributed by atoms with van der Waals surface area (Å²) in [6.45, 7) is 6.75. The van der Waals surface area contributed by atoms with Crippen LogP contribution >= 0.6 is 0 Å². The molecule has 1 aromatic rings. The van der Waals surface area contributed by atoms with Gasteiger partial charge in [0.1, 0.15) is 0 Å². The molecule has 5 nitrogen and oxygen atoms in total. The summed E-state index contributed by atoms with van der Waals surface area (Å²) in [6, 6.07) is 5.50. The fourth-order valence-electron chi connectivity index (χ4n) is 2.20. The molecule has 0 spiro atoms. The minimum absolute atomic E-state index is 0.157. The molecule has 1 aromatic carbocycles. The Labute approximate surface area is 133 Å². The lowest BCUT2D eigenvalue weighted by Crippen LogP contribution is -2.46. The van der Waals surface area contributed by atoms with E-state index < -0.39 is 5.54 Å². The topological polar surface area (TPSA) is 59.6 Å². The number of benzene rings is 1. The summed E-state index contributed by atoms with van der Waals surface area (Å²) in [5.74, 6) is 1.32. The first-order valence-corrected chi connectivity index (χ1v) is 7.73. The van der Waals surface area contributed by atoms with Gasteiger partial charge in [-0.2, -0.15) is 0 Å². The van der Waals surface area contributed by atoms with Crippen LogP contribution in [0.2, 0.25) is 0 Å². The predicted octanol–water partition coefficient (Wildman–Crippen LogP) is 3.43. The van der Waals surface area contributed by atoms with Crippen LogP contribution in [-0.2, 0) is 5.54 Å². The summed E-state index contributed by atoms with van der Waals surface area (Å²) < 4.78 is 10.6. The lowest BCUT2D eigenvalue weighted by atomic mass is 9.94. The van der Waals surface area contributed by atoms with E-state index in [0.29, 0.717) is 18.0 Å². The SMILES string of the molecule is CCCCCNC(=O)NC(C)(C)c1ccc(OC)c(OC)c1. The van der Waals surface area contributed by atoms with E-state index in [-0.39, 0.29) is 6.03 Å². The van der Waals surface area contributed by atoms with Crippen LogP contribution in [-0.4, -0.2) is 26.8 Å². The fraction of sp³-hybridized carbons (Fsp3) is 0.588. The van der Waals surface area contributed by atoms with Crippen molar-refractivity contribution in [3.05, 3.63) is 23.8 Å². The van der Waals surface area contributed by atoms with Gasteiger partial charge >= 0.3 is 6.03 Å². The Morgan fingerprint density at radius 1 is 1.14 bits per heavy atom. The van der Waals surface area contributed by atoms with E-state index in [1.54, 1.807) is 14.2 Å². The van der Waals surface area contributed by atoms with Crippen molar-refractivity contribution < 1.29 is 14.3 Å². The van der Waals surface area contributed by atoms with Crippen LogP contribution in [0.4, 0.5) is 4.79 Å². The molecule has 0 aliphatic rings. The number of urea groups is 1. The van der Waals surface area contributed by atoms with Crippen LogP contribution in [0.15, 0.2) is 18.2 Å². The molecule has 0 saturated heterocycles. The van der Waals surface area contributed by atoms with Crippen LogP contribution in [0.25, 0.3) is 0 Å². The van der Waals surface area contributed by atoms with Crippen molar-refractivity contribution in [2.45, 2.75) is 45.6 Å². The first-order valence-electron chi connectivity index (χ1n) is 7.73. The highest BCUT2D eigenvalue weighted by molar-refractivity contribution is 5.75. The number of carbonyl (C=O) groups is 1. The fourth-order valence-corrected chi connectivity index (χ4v) is 2.20. The van der Waals surface area contributed by atoms with Gasteiger partial charge in [-0.05, 0) is 38.0 Å². The van der Waals surface area contributed by atoms with Gasteiger partial charge < -0.3 is 20.1 Å². The van der Waals surface area contributed by atoms with Crippen LogP contribution in [0.3, 0.4) is 0 Å². The third-order valence-electron chi connectivity index (χ3n) is 3.60. The van der Waals surface area contributed by atoms with Gasteiger partial charge in [0.15, 0.2) is 11.5 Å². The van der Waals surface area contributed by atoms with Crippen LogP contribution in [0, 0.1) is 0 Å². The van der Waals surface area contributed by atoms with Crippen molar-refractivity contribution in [1.82, 2.24) is 10.6 Å². The Kier molecular flexibility index (Phi) is 7.02. The van der Waals surface area contributed by atoms with Gasteiger partial charge in [-0.1, -0.05) is 25.8 Å². The number of rotatable bonds is 8. The van der Waals surface area contributed by atoms with Crippen LogP contribution in [0.1, 0.15) is 45.6 Å². The lowest BCUT2D eigenvalue weighted by Gasteiger charge is -2.27. The molecule has 1 rings (SSSR count). The molecule has 0 fully saturated rings. The summed E-state index contributed by atoms with van der Waals surface area (Å²) in [4.78, 5) is 12.0. The summed E-state index contributed by atoms with van der Waals surface area (Å²) in [5, 5.41) is 5.88. The molecule has 0 heterocycles. The Balaban J connectivity index is 2.70. The number of amides is 2. The number of ether oxygens (including phenoxy) is 2. The molecule has 0 atom stereocenters. The van der Waals surface area contributed by atoms with Crippen molar-refractivity contribution in [2.75, 3.05) is 20.8 Å². The number of carbonyl (C=O) groups excluding carboxylic acids is 1. The van der Waals surface area contributed by atoms with Crippen molar-refractivity contribution in [1.29, 1.82) is 0 Å². The summed E-state index contributed by atoms with van der Waals surface area (Å²) in [5.41, 5.74) is 0.447. The quantitative estimate of drug-likeness (QED) is 0.723. The zero-order chi connectivity index (χ0) is 16.6. The van der Waals surface area contributed by atoms with Gasteiger partial charge in [0, 0.05) is 6.54 Å². The minimum atomic E-state index is -0.506. The summed E-state index contributed by atoms with van der Waals surface area (Å²) >= 11 is 0. The average Bonchev–Trinajstić information content (AvgIpc) is 2.50. The second-order valence-corrected chi connectivity index (χ2v) is 5.78. The molecule has 0 aliphatic heterocycles.